The molecule has 0 spiro atoms. The van der Waals surface area contributed by atoms with E-state index in [-0.39, 0.29) is 18.5 Å². The van der Waals surface area contributed by atoms with Gasteiger partial charge in [-0.05, 0) is 13.0 Å². The smallest absolute Gasteiger partial charge is 0.231 e. The van der Waals surface area contributed by atoms with Crippen molar-refractivity contribution < 1.29 is 9.53 Å². The summed E-state index contributed by atoms with van der Waals surface area (Å²) in [7, 11) is 1.62. The van der Waals surface area contributed by atoms with Crippen LogP contribution in [0, 0.1) is 0 Å². The number of rotatable bonds is 5. The van der Waals surface area contributed by atoms with E-state index in [2.05, 4.69) is 5.32 Å². The van der Waals surface area contributed by atoms with Gasteiger partial charge in [-0.1, -0.05) is 18.2 Å². The summed E-state index contributed by atoms with van der Waals surface area (Å²) in [5.41, 5.74) is 6.07. The number of primary amides is 1. The van der Waals surface area contributed by atoms with Crippen LogP contribution in [0.15, 0.2) is 24.3 Å². The first-order valence-electron chi connectivity index (χ1n) is 4.79. The summed E-state index contributed by atoms with van der Waals surface area (Å²) in [5.74, 6) is 0.443. The number of carbonyl (C=O) groups is 1. The second-order valence-electron chi connectivity index (χ2n) is 3.31. The van der Waals surface area contributed by atoms with Crippen molar-refractivity contribution in [1.82, 2.24) is 5.32 Å². The molecule has 4 heteroatoms. The van der Waals surface area contributed by atoms with Crippen LogP contribution in [0.4, 0.5) is 0 Å². The third-order valence-electron chi connectivity index (χ3n) is 2.19. The molecule has 0 aromatic heterocycles. The van der Waals surface area contributed by atoms with Crippen LogP contribution in [-0.4, -0.2) is 19.6 Å². The molecule has 0 saturated heterocycles. The zero-order chi connectivity index (χ0) is 11.3. The second kappa shape index (κ2) is 5.36. The Morgan fingerprint density at radius 2 is 2.20 bits per heavy atom. The molecule has 1 aromatic carbocycles. The normalized spacial score (nSPS) is 12.1. The van der Waals surface area contributed by atoms with Crippen LogP contribution in [-0.2, 0) is 4.79 Å². The number of carbonyl (C=O) groups excluding carboxylic acids is 1. The molecule has 0 bridgehead atoms. The van der Waals surface area contributed by atoms with E-state index >= 15 is 0 Å². The fourth-order valence-electron chi connectivity index (χ4n) is 1.39. The Morgan fingerprint density at radius 1 is 1.53 bits per heavy atom. The van der Waals surface area contributed by atoms with Crippen LogP contribution in [0.2, 0.25) is 0 Å². The van der Waals surface area contributed by atoms with E-state index in [9.17, 15) is 4.79 Å². The van der Waals surface area contributed by atoms with Crippen molar-refractivity contribution in [1.29, 1.82) is 0 Å². The monoisotopic (exact) mass is 208 g/mol. The highest BCUT2D eigenvalue weighted by atomic mass is 16.5. The van der Waals surface area contributed by atoms with E-state index in [1.807, 2.05) is 31.2 Å². The topological polar surface area (TPSA) is 64.3 Å². The minimum Gasteiger partial charge on any atom is -0.496 e. The number of hydrogen-bond acceptors (Lipinski definition) is 3. The molecule has 0 unspecified atom stereocenters. The molecular formula is C11H16N2O2. The third kappa shape index (κ3) is 3.25. The molecule has 1 atom stereocenters. The number of methoxy groups -OCH3 is 1. The van der Waals surface area contributed by atoms with Gasteiger partial charge in [0.1, 0.15) is 5.75 Å². The fourth-order valence-corrected chi connectivity index (χ4v) is 1.39. The van der Waals surface area contributed by atoms with Gasteiger partial charge in [-0.25, -0.2) is 0 Å². The molecule has 82 valence electrons. The highest BCUT2D eigenvalue weighted by Gasteiger charge is 2.10. The van der Waals surface area contributed by atoms with Gasteiger partial charge in [-0.15, -0.1) is 0 Å². The van der Waals surface area contributed by atoms with Gasteiger partial charge in [-0.2, -0.15) is 0 Å². The zero-order valence-corrected chi connectivity index (χ0v) is 8.99. The van der Waals surface area contributed by atoms with Crippen molar-refractivity contribution in [3.63, 3.8) is 0 Å². The molecule has 1 aromatic rings. The largest absolute Gasteiger partial charge is 0.496 e. The maximum absolute atomic E-state index is 10.6. The van der Waals surface area contributed by atoms with Crippen LogP contribution in [0.1, 0.15) is 18.5 Å². The Hall–Kier alpha value is -1.55. The summed E-state index contributed by atoms with van der Waals surface area (Å²) in [5, 5.41) is 3.02. The standard InChI is InChI=1S/C11H16N2O2/c1-8(13-7-11(12)14)9-5-3-4-6-10(9)15-2/h3-6,8,13H,7H2,1-2H3,(H2,12,14)/t8-/m0/s1. The van der Waals surface area contributed by atoms with Gasteiger partial charge >= 0.3 is 0 Å². The van der Waals surface area contributed by atoms with Crippen LogP contribution >= 0.6 is 0 Å². The number of nitrogens with two attached hydrogens (primary N) is 1. The molecule has 0 aliphatic heterocycles. The third-order valence-corrected chi connectivity index (χ3v) is 2.19. The summed E-state index contributed by atoms with van der Waals surface area (Å²) in [6, 6.07) is 7.72. The van der Waals surface area contributed by atoms with E-state index in [1.54, 1.807) is 7.11 Å². The van der Waals surface area contributed by atoms with Crippen molar-refractivity contribution in [3.8, 4) is 5.75 Å². The lowest BCUT2D eigenvalue weighted by Crippen LogP contribution is -2.30. The van der Waals surface area contributed by atoms with Crippen LogP contribution in [0.5, 0.6) is 5.75 Å². The van der Waals surface area contributed by atoms with E-state index in [4.69, 9.17) is 10.5 Å². The van der Waals surface area contributed by atoms with Gasteiger partial charge in [0.25, 0.3) is 0 Å². The Labute approximate surface area is 89.4 Å². The SMILES string of the molecule is COc1ccccc1[C@H](C)NCC(N)=O. The lowest BCUT2D eigenvalue weighted by atomic mass is 10.1. The Balaban J connectivity index is 2.72. The maximum Gasteiger partial charge on any atom is 0.231 e. The maximum atomic E-state index is 10.6. The Kier molecular flexibility index (Phi) is 4.12. The molecule has 1 rings (SSSR count). The molecule has 4 nitrogen and oxygen atoms in total. The van der Waals surface area contributed by atoms with Crippen molar-refractivity contribution >= 4 is 5.91 Å². The summed E-state index contributed by atoms with van der Waals surface area (Å²) in [6.07, 6.45) is 0. The molecule has 0 radical (unpaired) electrons. The van der Waals surface area contributed by atoms with E-state index < -0.39 is 0 Å². The number of ether oxygens (including phenoxy) is 1. The Morgan fingerprint density at radius 3 is 2.80 bits per heavy atom. The van der Waals surface area contributed by atoms with Gasteiger partial charge in [0.2, 0.25) is 5.91 Å². The zero-order valence-electron chi connectivity index (χ0n) is 8.99. The lowest BCUT2D eigenvalue weighted by Gasteiger charge is -2.16. The minimum absolute atomic E-state index is 0.0358. The first kappa shape index (κ1) is 11.5. The summed E-state index contributed by atoms with van der Waals surface area (Å²) >= 11 is 0. The summed E-state index contributed by atoms with van der Waals surface area (Å²) < 4.78 is 5.22. The molecule has 0 aliphatic rings. The number of benzene rings is 1. The summed E-state index contributed by atoms with van der Waals surface area (Å²) in [4.78, 5) is 10.6. The van der Waals surface area contributed by atoms with Crippen molar-refractivity contribution in [2.75, 3.05) is 13.7 Å². The van der Waals surface area contributed by atoms with E-state index in [1.165, 1.54) is 0 Å². The molecule has 0 heterocycles. The van der Waals surface area contributed by atoms with Crippen molar-refractivity contribution in [2.45, 2.75) is 13.0 Å². The number of amides is 1. The average Bonchev–Trinajstić information content (AvgIpc) is 2.25. The van der Waals surface area contributed by atoms with Crippen molar-refractivity contribution in [2.24, 2.45) is 5.73 Å². The number of nitrogens with one attached hydrogen (secondary N) is 1. The quantitative estimate of drug-likeness (QED) is 0.753. The predicted molar refractivity (Wildman–Crippen MR) is 58.6 cm³/mol. The molecule has 3 N–H and O–H groups in total. The average molecular weight is 208 g/mol. The number of para-hydroxylation sites is 1. The predicted octanol–water partition coefficient (Wildman–Crippen LogP) is 0.831. The van der Waals surface area contributed by atoms with Gasteiger partial charge in [0.05, 0.1) is 13.7 Å². The first-order chi connectivity index (χ1) is 7.15. The van der Waals surface area contributed by atoms with Gasteiger partial charge in [-0.3, -0.25) is 4.79 Å². The van der Waals surface area contributed by atoms with Gasteiger partial charge in [0.15, 0.2) is 0 Å². The van der Waals surface area contributed by atoms with Gasteiger partial charge < -0.3 is 15.8 Å². The molecular weight excluding hydrogens is 192 g/mol. The molecule has 0 fully saturated rings. The molecule has 0 saturated carbocycles. The fraction of sp³-hybridized carbons (Fsp3) is 0.364. The lowest BCUT2D eigenvalue weighted by molar-refractivity contribution is -0.117. The Bertz CT molecular complexity index is 339. The molecule has 15 heavy (non-hydrogen) atoms. The van der Waals surface area contributed by atoms with Crippen LogP contribution in [0.25, 0.3) is 0 Å². The minimum atomic E-state index is -0.364. The van der Waals surface area contributed by atoms with E-state index in [0.29, 0.717) is 0 Å². The summed E-state index contributed by atoms with van der Waals surface area (Å²) in [6.45, 7) is 2.13. The van der Waals surface area contributed by atoms with Crippen LogP contribution in [0.3, 0.4) is 0 Å². The van der Waals surface area contributed by atoms with E-state index in [0.717, 1.165) is 11.3 Å². The second-order valence-corrected chi connectivity index (χ2v) is 3.31. The van der Waals surface area contributed by atoms with Gasteiger partial charge in [0, 0.05) is 11.6 Å². The molecule has 1 amide bonds. The van der Waals surface area contributed by atoms with Crippen LogP contribution < -0.4 is 15.8 Å². The van der Waals surface area contributed by atoms with Crippen molar-refractivity contribution in [3.05, 3.63) is 29.8 Å². The first-order valence-corrected chi connectivity index (χ1v) is 4.79. The highest BCUT2D eigenvalue weighted by molar-refractivity contribution is 5.75. The molecule has 0 aliphatic carbocycles. The highest BCUT2D eigenvalue weighted by Crippen LogP contribution is 2.23. The number of hydrogen-bond donors (Lipinski definition) is 2.